The van der Waals surface area contributed by atoms with Crippen molar-refractivity contribution in [2.24, 2.45) is 5.41 Å². The number of pyridine rings is 1. The molecule has 2 aliphatic carbocycles. The molecular formula is C36H54INO2Si. The van der Waals surface area contributed by atoms with Gasteiger partial charge >= 0.3 is 0 Å². The molecule has 2 unspecified atom stereocenters. The van der Waals surface area contributed by atoms with Gasteiger partial charge in [0.2, 0.25) is 0 Å². The van der Waals surface area contributed by atoms with Crippen LogP contribution >= 0.6 is 22.6 Å². The number of ether oxygens (including phenoxy) is 1. The smallest absolute Gasteiger partial charge is 0.192 e. The standard InChI is InChI=1S/C36H54INO2Si/c1-33(2,3)25-18-16-24(17-19-25)32-29-30(36(9,22-37)39-32)28-26(38-31(29)23-14-12-13-15-23)20-35(7,8)21-27(28)40-41(10,11)34(4,5)6/h16-19,23,27,32H,12-15,20-22H2,1-11H3/t27?,32-,36?/m1/s1. The molecule has 1 aromatic carbocycles. The van der Waals surface area contributed by atoms with Gasteiger partial charge < -0.3 is 9.16 Å². The molecule has 2 heterocycles. The van der Waals surface area contributed by atoms with Gasteiger partial charge in [-0.15, -0.1) is 0 Å². The van der Waals surface area contributed by atoms with E-state index >= 15 is 0 Å². The maximum Gasteiger partial charge on any atom is 0.192 e. The average molecular weight is 688 g/mol. The van der Waals surface area contributed by atoms with Gasteiger partial charge in [0.25, 0.3) is 0 Å². The number of aromatic nitrogens is 1. The van der Waals surface area contributed by atoms with Crippen molar-refractivity contribution in [1.82, 2.24) is 4.98 Å². The minimum atomic E-state index is -2.03. The van der Waals surface area contributed by atoms with Gasteiger partial charge in [-0.2, -0.15) is 0 Å². The van der Waals surface area contributed by atoms with Gasteiger partial charge in [-0.25, -0.2) is 0 Å². The Hall–Kier alpha value is -0.763. The summed E-state index contributed by atoms with van der Waals surface area (Å²) in [5, 5.41) is 0.148. The predicted molar refractivity (Wildman–Crippen MR) is 183 cm³/mol. The molecule has 0 N–H and O–H groups in total. The highest BCUT2D eigenvalue weighted by Gasteiger charge is 2.51. The first-order valence-corrected chi connectivity index (χ1v) is 20.4. The van der Waals surface area contributed by atoms with Crippen molar-refractivity contribution in [3.63, 3.8) is 0 Å². The van der Waals surface area contributed by atoms with E-state index in [2.05, 4.69) is 122 Å². The van der Waals surface area contributed by atoms with E-state index in [4.69, 9.17) is 14.1 Å². The summed E-state index contributed by atoms with van der Waals surface area (Å²) in [5.41, 5.74) is 9.31. The van der Waals surface area contributed by atoms with E-state index in [0.717, 1.165) is 17.3 Å². The summed E-state index contributed by atoms with van der Waals surface area (Å²) in [6.07, 6.45) is 7.09. The van der Waals surface area contributed by atoms with E-state index in [-0.39, 0.29) is 33.7 Å². The van der Waals surface area contributed by atoms with Gasteiger partial charge in [0, 0.05) is 27.2 Å². The first-order chi connectivity index (χ1) is 18.9. The fraction of sp³-hybridized carbons (Fsp3) is 0.694. The van der Waals surface area contributed by atoms with Crippen molar-refractivity contribution in [1.29, 1.82) is 0 Å². The Morgan fingerprint density at radius 3 is 2.12 bits per heavy atom. The number of benzene rings is 1. The lowest BCUT2D eigenvalue weighted by atomic mass is 9.71. The molecule has 3 atom stereocenters. The van der Waals surface area contributed by atoms with Crippen molar-refractivity contribution in [3.8, 4) is 0 Å². The predicted octanol–water partition coefficient (Wildman–Crippen LogP) is 10.8. The van der Waals surface area contributed by atoms with Gasteiger partial charge in [-0.1, -0.05) is 115 Å². The molecule has 0 amide bonds. The van der Waals surface area contributed by atoms with Crippen molar-refractivity contribution in [3.05, 3.63) is 63.5 Å². The molecule has 5 heteroatoms. The second-order valence-electron chi connectivity index (χ2n) is 16.8. The van der Waals surface area contributed by atoms with Gasteiger partial charge in [0.05, 0.1) is 11.8 Å². The molecule has 41 heavy (non-hydrogen) atoms. The number of halogens is 1. The number of alkyl halides is 1. The monoisotopic (exact) mass is 687 g/mol. The van der Waals surface area contributed by atoms with Gasteiger partial charge in [-0.05, 0) is 78.3 Å². The molecule has 3 nitrogen and oxygen atoms in total. The van der Waals surface area contributed by atoms with E-state index in [1.54, 1.807) is 0 Å². The van der Waals surface area contributed by atoms with Crippen molar-refractivity contribution >= 4 is 30.9 Å². The van der Waals surface area contributed by atoms with Crippen molar-refractivity contribution in [2.45, 2.75) is 148 Å². The number of fused-ring (bicyclic) bond motifs is 3. The highest BCUT2D eigenvalue weighted by Crippen LogP contribution is 2.57. The number of nitrogens with zero attached hydrogens (tertiary/aromatic N) is 1. The summed E-state index contributed by atoms with van der Waals surface area (Å²) >= 11 is 2.56. The quantitative estimate of drug-likeness (QED) is 0.178. The fourth-order valence-electron chi connectivity index (χ4n) is 7.14. The maximum atomic E-state index is 7.37. The molecule has 2 aromatic rings. The van der Waals surface area contributed by atoms with Crippen LogP contribution in [0.4, 0.5) is 0 Å². The zero-order valence-corrected chi connectivity index (χ0v) is 30.8. The summed E-state index contributed by atoms with van der Waals surface area (Å²) in [6.45, 7) is 25.9. The third kappa shape index (κ3) is 5.87. The Labute approximate surface area is 265 Å². The van der Waals surface area contributed by atoms with E-state index < -0.39 is 8.32 Å². The van der Waals surface area contributed by atoms with Crippen LogP contribution in [0.15, 0.2) is 24.3 Å². The van der Waals surface area contributed by atoms with Crippen LogP contribution < -0.4 is 0 Å². The van der Waals surface area contributed by atoms with Crippen LogP contribution in [0.3, 0.4) is 0 Å². The Kier molecular flexibility index (Phi) is 8.26. The average Bonchev–Trinajstić information content (AvgIpc) is 3.49. The molecule has 1 saturated carbocycles. The lowest BCUT2D eigenvalue weighted by molar-refractivity contribution is -0.0302. The van der Waals surface area contributed by atoms with Crippen LogP contribution in [-0.4, -0.2) is 17.7 Å². The highest BCUT2D eigenvalue weighted by molar-refractivity contribution is 14.1. The molecule has 0 bridgehead atoms. The number of hydrogen-bond donors (Lipinski definition) is 0. The van der Waals surface area contributed by atoms with E-state index in [0.29, 0.717) is 5.92 Å². The zero-order chi connectivity index (χ0) is 30.2. The summed E-state index contributed by atoms with van der Waals surface area (Å²) < 4.78 is 15.5. The van der Waals surface area contributed by atoms with Gasteiger partial charge in [0.1, 0.15) is 11.7 Å². The van der Waals surface area contributed by atoms with E-state index in [1.807, 2.05) is 0 Å². The second-order valence-corrected chi connectivity index (χ2v) is 22.3. The Morgan fingerprint density at radius 2 is 1.59 bits per heavy atom. The maximum absolute atomic E-state index is 7.37. The molecule has 1 fully saturated rings. The first-order valence-electron chi connectivity index (χ1n) is 16.0. The summed E-state index contributed by atoms with van der Waals surface area (Å²) in [7, 11) is -2.03. The third-order valence-corrected chi connectivity index (χ3v) is 16.5. The SMILES string of the molecule is CC1(C)Cc2nc(C3CCCC3)c3c(c2C(O[Si](C)(C)C(C)(C)C)C1)C(C)(CI)O[C@@H]3c1ccc(C(C)(C)C)cc1. The van der Waals surface area contributed by atoms with Crippen LogP contribution in [-0.2, 0) is 26.6 Å². The first kappa shape index (κ1) is 31.7. The van der Waals surface area contributed by atoms with Crippen LogP contribution in [0.25, 0.3) is 0 Å². The fourth-order valence-corrected chi connectivity index (χ4v) is 8.97. The topological polar surface area (TPSA) is 31.4 Å². The zero-order valence-electron chi connectivity index (χ0n) is 27.6. The van der Waals surface area contributed by atoms with Gasteiger partial charge in [-0.3, -0.25) is 4.98 Å². The van der Waals surface area contributed by atoms with Gasteiger partial charge in [0.15, 0.2) is 8.32 Å². The summed E-state index contributed by atoms with van der Waals surface area (Å²) in [5.74, 6) is 0.523. The molecule has 1 aromatic heterocycles. The summed E-state index contributed by atoms with van der Waals surface area (Å²) in [4.78, 5) is 5.69. The number of rotatable bonds is 5. The molecule has 0 saturated heterocycles. The Bertz CT molecular complexity index is 1280. The molecule has 0 spiro atoms. The molecule has 5 rings (SSSR count). The van der Waals surface area contributed by atoms with Crippen molar-refractivity contribution in [2.75, 3.05) is 4.43 Å². The van der Waals surface area contributed by atoms with Crippen LogP contribution in [0.1, 0.15) is 152 Å². The molecule has 1 aliphatic heterocycles. The van der Waals surface area contributed by atoms with E-state index in [1.165, 1.54) is 64.9 Å². The Morgan fingerprint density at radius 1 is 0.976 bits per heavy atom. The molecular weight excluding hydrogens is 633 g/mol. The largest absolute Gasteiger partial charge is 0.410 e. The lowest BCUT2D eigenvalue weighted by Crippen LogP contribution is -2.44. The molecule has 3 aliphatic rings. The van der Waals surface area contributed by atoms with E-state index in [9.17, 15) is 0 Å². The minimum Gasteiger partial charge on any atom is -0.410 e. The number of hydrogen-bond acceptors (Lipinski definition) is 3. The van der Waals surface area contributed by atoms with Crippen LogP contribution in [0.2, 0.25) is 18.1 Å². The highest BCUT2D eigenvalue weighted by atomic mass is 127. The van der Waals surface area contributed by atoms with Crippen LogP contribution in [0.5, 0.6) is 0 Å². The summed E-state index contributed by atoms with van der Waals surface area (Å²) in [6, 6.07) is 9.26. The lowest BCUT2D eigenvalue weighted by Gasteiger charge is -2.45. The normalized spacial score (nSPS) is 26.7. The molecule has 226 valence electrons. The second kappa shape index (κ2) is 10.7. The molecule has 0 radical (unpaired) electrons. The van der Waals surface area contributed by atoms with Crippen molar-refractivity contribution < 1.29 is 9.16 Å². The minimum absolute atomic E-state index is 0.0569. The Balaban J connectivity index is 1.75. The third-order valence-electron chi connectivity index (χ3n) is 10.6. The van der Waals surface area contributed by atoms with Crippen LogP contribution in [0, 0.1) is 5.41 Å².